The molecular weight excluding hydrogens is 397 g/mol. The highest BCUT2D eigenvalue weighted by Crippen LogP contribution is 2.23. The van der Waals surface area contributed by atoms with E-state index in [-0.39, 0.29) is 18.1 Å². The van der Waals surface area contributed by atoms with E-state index in [0.29, 0.717) is 24.6 Å². The van der Waals surface area contributed by atoms with Crippen molar-refractivity contribution in [3.8, 4) is 0 Å². The van der Waals surface area contributed by atoms with Gasteiger partial charge in [0.1, 0.15) is 0 Å². The van der Waals surface area contributed by atoms with E-state index in [4.69, 9.17) is 16.3 Å². The molecule has 1 saturated heterocycles. The molecule has 0 bridgehead atoms. The van der Waals surface area contributed by atoms with E-state index >= 15 is 0 Å². The topological polar surface area (TPSA) is 29.5 Å². The minimum Gasteiger partial charge on any atom is -0.373 e. The van der Waals surface area contributed by atoms with Gasteiger partial charge in [0, 0.05) is 21.1 Å². The number of ether oxygens (including phenoxy) is 1. The van der Waals surface area contributed by atoms with Gasteiger partial charge in [-0.25, -0.2) is 0 Å². The number of carbonyl (C=O) groups is 1. The van der Waals surface area contributed by atoms with Crippen LogP contribution in [0.5, 0.6) is 0 Å². The Balaban J connectivity index is 2.21. The molecule has 19 heavy (non-hydrogen) atoms. The highest BCUT2D eigenvalue weighted by Gasteiger charge is 2.30. The van der Waals surface area contributed by atoms with Gasteiger partial charge in [-0.2, -0.15) is 0 Å². The van der Waals surface area contributed by atoms with Crippen molar-refractivity contribution in [1.29, 1.82) is 0 Å². The molecule has 1 heterocycles. The Kier molecular flexibility index (Phi) is 5.29. The average molecular weight is 412 g/mol. The fourth-order valence-corrected chi connectivity index (χ4v) is 3.52. The van der Waals surface area contributed by atoms with Crippen molar-refractivity contribution in [3.63, 3.8) is 0 Å². The van der Waals surface area contributed by atoms with Gasteiger partial charge in [0.25, 0.3) is 5.91 Å². The van der Waals surface area contributed by atoms with Crippen LogP contribution in [-0.2, 0) is 4.74 Å². The maximum absolute atomic E-state index is 12.6. The number of carbonyl (C=O) groups excluding carboxylic acids is 1. The molecular formula is C13H14Br2ClNO2. The molecule has 0 saturated carbocycles. The molecule has 1 aliphatic heterocycles. The zero-order valence-corrected chi connectivity index (χ0v) is 14.3. The first-order valence-electron chi connectivity index (χ1n) is 5.96. The lowest BCUT2D eigenvalue weighted by atomic mass is 10.1. The summed E-state index contributed by atoms with van der Waals surface area (Å²) in [5.74, 6) is 0.409. The normalized spacial score (nSPS) is 23.5. The van der Waals surface area contributed by atoms with Crippen LogP contribution in [0.3, 0.4) is 0 Å². The number of nitrogens with zero attached hydrogens (tertiary/aromatic N) is 1. The molecule has 2 rings (SSSR count). The number of rotatable bonds is 2. The molecule has 0 radical (unpaired) electrons. The quantitative estimate of drug-likeness (QED) is 0.695. The molecule has 104 valence electrons. The van der Waals surface area contributed by atoms with Crippen LogP contribution in [-0.4, -0.2) is 42.0 Å². The minimum atomic E-state index is -0.0857. The van der Waals surface area contributed by atoms with Gasteiger partial charge in [-0.15, -0.1) is 11.6 Å². The van der Waals surface area contributed by atoms with Crippen molar-refractivity contribution in [2.45, 2.75) is 19.1 Å². The van der Waals surface area contributed by atoms with Crippen LogP contribution >= 0.6 is 43.5 Å². The molecule has 0 spiro atoms. The Labute approximate surface area is 134 Å². The second-order valence-electron chi connectivity index (χ2n) is 4.57. The molecule has 1 amide bonds. The third kappa shape index (κ3) is 3.72. The monoisotopic (exact) mass is 409 g/mol. The van der Waals surface area contributed by atoms with Crippen LogP contribution in [0.15, 0.2) is 27.1 Å². The second kappa shape index (κ2) is 6.57. The Bertz CT molecular complexity index is 463. The Morgan fingerprint density at radius 1 is 1.42 bits per heavy atom. The molecule has 1 aromatic rings. The number of hydrogen-bond donors (Lipinski definition) is 0. The maximum Gasteiger partial charge on any atom is 0.254 e. The van der Waals surface area contributed by atoms with Crippen molar-refractivity contribution in [1.82, 2.24) is 4.90 Å². The van der Waals surface area contributed by atoms with Crippen LogP contribution in [0.2, 0.25) is 0 Å². The van der Waals surface area contributed by atoms with E-state index in [1.54, 1.807) is 0 Å². The van der Waals surface area contributed by atoms with Gasteiger partial charge < -0.3 is 9.64 Å². The number of morpholine rings is 1. The Morgan fingerprint density at radius 3 is 2.63 bits per heavy atom. The summed E-state index contributed by atoms with van der Waals surface area (Å²) in [6.07, 6.45) is -0.0857. The van der Waals surface area contributed by atoms with E-state index in [2.05, 4.69) is 31.9 Å². The summed E-state index contributed by atoms with van der Waals surface area (Å²) in [7, 11) is 0. The third-order valence-electron chi connectivity index (χ3n) is 3.05. The molecule has 0 N–H and O–H groups in total. The predicted molar refractivity (Wildman–Crippen MR) is 82.8 cm³/mol. The van der Waals surface area contributed by atoms with Gasteiger partial charge in [-0.05, 0) is 25.1 Å². The fraction of sp³-hybridized carbons (Fsp3) is 0.462. The smallest absolute Gasteiger partial charge is 0.254 e. The van der Waals surface area contributed by atoms with E-state index in [9.17, 15) is 4.79 Å². The Morgan fingerprint density at radius 2 is 2.05 bits per heavy atom. The van der Waals surface area contributed by atoms with Gasteiger partial charge in [0.2, 0.25) is 0 Å². The lowest BCUT2D eigenvalue weighted by molar-refractivity contribution is -0.0371. The fourth-order valence-electron chi connectivity index (χ4n) is 2.04. The molecule has 2 atom stereocenters. The van der Waals surface area contributed by atoms with Gasteiger partial charge in [-0.1, -0.05) is 31.9 Å². The summed E-state index contributed by atoms with van der Waals surface area (Å²) in [5.41, 5.74) is 0.656. The number of hydrogen-bond acceptors (Lipinski definition) is 2. The minimum absolute atomic E-state index is 0.00733. The third-order valence-corrected chi connectivity index (χ3v) is 4.31. The largest absolute Gasteiger partial charge is 0.373 e. The molecule has 2 unspecified atom stereocenters. The number of benzene rings is 1. The van der Waals surface area contributed by atoms with Crippen molar-refractivity contribution < 1.29 is 9.53 Å². The van der Waals surface area contributed by atoms with Crippen LogP contribution < -0.4 is 0 Å². The molecule has 6 heteroatoms. The van der Waals surface area contributed by atoms with E-state index in [1.165, 1.54) is 0 Å². The highest BCUT2D eigenvalue weighted by atomic mass is 79.9. The summed E-state index contributed by atoms with van der Waals surface area (Å²) in [6.45, 7) is 3.04. The highest BCUT2D eigenvalue weighted by molar-refractivity contribution is 9.11. The molecule has 1 aliphatic rings. The average Bonchev–Trinajstić information content (AvgIpc) is 2.37. The van der Waals surface area contributed by atoms with E-state index in [1.807, 2.05) is 30.0 Å². The second-order valence-corrected chi connectivity index (χ2v) is 6.71. The molecule has 1 fully saturated rings. The van der Waals surface area contributed by atoms with Crippen molar-refractivity contribution in [2.24, 2.45) is 0 Å². The maximum atomic E-state index is 12.6. The first kappa shape index (κ1) is 15.3. The lowest BCUT2D eigenvalue weighted by Crippen LogP contribution is -2.51. The summed E-state index contributed by atoms with van der Waals surface area (Å²) in [5, 5.41) is 0. The van der Waals surface area contributed by atoms with Gasteiger partial charge in [-0.3, -0.25) is 4.79 Å². The first-order valence-corrected chi connectivity index (χ1v) is 8.08. The SMILES string of the molecule is CC1COC(CCl)CN1C(=O)c1cc(Br)cc(Br)c1. The number of alkyl halides is 1. The van der Waals surface area contributed by atoms with Gasteiger partial charge in [0.05, 0.1) is 24.6 Å². The van der Waals surface area contributed by atoms with Crippen molar-refractivity contribution in [2.75, 3.05) is 19.0 Å². The molecule has 0 aliphatic carbocycles. The summed E-state index contributed by atoms with van der Waals surface area (Å²) in [4.78, 5) is 14.4. The standard InChI is InChI=1S/C13H14Br2ClNO2/c1-8-7-19-12(5-16)6-17(8)13(18)9-2-10(14)4-11(15)3-9/h2-4,8,12H,5-7H2,1H3. The molecule has 0 aromatic heterocycles. The molecule has 1 aromatic carbocycles. The van der Waals surface area contributed by atoms with E-state index in [0.717, 1.165) is 8.95 Å². The van der Waals surface area contributed by atoms with E-state index < -0.39 is 0 Å². The van der Waals surface area contributed by atoms with Crippen molar-refractivity contribution >= 4 is 49.4 Å². The number of amides is 1. The van der Waals surface area contributed by atoms with Gasteiger partial charge >= 0.3 is 0 Å². The number of halogens is 3. The zero-order valence-electron chi connectivity index (χ0n) is 10.4. The van der Waals surface area contributed by atoms with Crippen LogP contribution in [0, 0.1) is 0 Å². The van der Waals surface area contributed by atoms with Crippen LogP contribution in [0.1, 0.15) is 17.3 Å². The zero-order chi connectivity index (χ0) is 14.0. The van der Waals surface area contributed by atoms with Crippen LogP contribution in [0.4, 0.5) is 0 Å². The molecule has 3 nitrogen and oxygen atoms in total. The van der Waals surface area contributed by atoms with Gasteiger partial charge in [0.15, 0.2) is 0 Å². The summed E-state index contributed by atoms with van der Waals surface area (Å²) < 4.78 is 7.31. The Hall–Kier alpha value is -0.100. The van der Waals surface area contributed by atoms with Crippen LogP contribution in [0.25, 0.3) is 0 Å². The van der Waals surface area contributed by atoms with Crippen molar-refractivity contribution in [3.05, 3.63) is 32.7 Å². The first-order chi connectivity index (χ1) is 9.01. The lowest BCUT2D eigenvalue weighted by Gasteiger charge is -2.37. The predicted octanol–water partition coefficient (Wildman–Crippen LogP) is 3.68. The summed E-state index contributed by atoms with van der Waals surface area (Å²) in [6, 6.07) is 5.61. The summed E-state index contributed by atoms with van der Waals surface area (Å²) >= 11 is 12.6.